The quantitative estimate of drug-likeness (QED) is 0.327. The Morgan fingerprint density at radius 3 is 2.60 bits per heavy atom. The van der Waals surface area contributed by atoms with Gasteiger partial charge in [-0.2, -0.15) is 0 Å². The summed E-state index contributed by atoms with van der Waals surface area (Å²) in [5, 5.41) is 11.8. The number of halogens is 5. The molecule has 1 spiro atoms. The fourth-order valence-corrected chi connectivity index (χ4v) is 6.84. The second-order valence-electron chi connectivity index (χ2n) is 9.11. The maximum absolute atomic E-state index is 14.5. The van der Waals surface area contributed by atoms with Crippen LogP contribution in [-0.4, -0.2) is 21.3 Å². The molecule has 3 nitrogen and oxygen atoms in total. The van der Waals surface area contributed by atoms with Crippen molar-refractivity contribution in [2.24, 2.45) is 0 Å². The molecule has 2 aliphatic rings. The van der Waals surface area contributed by atoms with Gasteiger partial charge in [-0.25, -0.2) is 13.8 Å². The van der Waals surface area contributed by atoms with Crippen molar-refractivity contribution in [1.82, 2.24) is 9.55 Å². The number of aliphatic hydroxyl groups excluding tert-OH is 1. The van der Waals surface area contributed by atoms with Gasteiger partial charge in [-0.05, 0) is 67.3 Å². The van der Waals surface area contributed by atoms with Gasteiger partial charge in [0, 0.05) is 27.5 Å². The molecule has 0 bridgehead atoms. The van der Waals surface area contributed by atoms with Gasteiger partial charge in [-0.1, -0.05) is 58.7 Å². The monoisotopic (exact) mass is 552 g/mol. The van der Waals surface area contributed by atoms with Gasteiger partial charge in [-0.15, -0.1) is 0 Å². The van der Waals surface area contributed by atoms with Crippen LogP contribution in [-0.2, 0) is 16.7 Å². The highest BCUT2D eigenvalue weighted by Crippen LogP contribution is 2.55. The van der Waals surface area contributed by atoms with E-state index in [-0.39, 0.29) is 11.4 Å². The third kappa shape index (κ3) is 4.23. The largest absolute Gasteiger partial charge is 0.392 e. The molecule has 1 aliphatic carbocycles. The minimum atomic E-state index is -0.630. The SMILES string of the molecule is CC1(c2ccc(Cl)c(Cl)c2)CC2(C=C(CO)C(F)=CC2)n2c1cnc2SCc1ccc(F)cc1Cl. The van der Waals surface area contributed by atoms with Crippen molar-refractivity contribution in [1.29, 1.82) is 0 Å². The van der Waals surface area contributed by atoms with E-state index in [0.29, 0.717) is 33.7 Å². The number of imidazole rings is 1. The van der Waals surface area contributed by atoms with E-state index in [0.717, 1.165) is 22.0 Å². The molecule has 0 saturated heterocycles. The van der Waals surface area contributed by atoms with Crippen LogP contribution < -0.4 is 0 Å². The number of aromatic nitrogens is 2. The Hall–Kier alpha value is -1.83. The number of nitrogens with zero attached hydrogens (tertiary/aromatic N) is 2. The fourth-order valence-electron chi connectivity index (χ4n) is 5.16. The average molecular weight is 554 g/mol. The molecule has 2 heterocycles. The molecule has 3 aromatic rings. The molecule has 0 fully saturated rings. The third-order valence-electron chi connectivity index (χ3n) is 6.88. The van der Waals surface area contributed by atoms with Crippen molar-refractivity contribution in [3.63, 3.8) is 0 Å². The highest BCUT2D eigenvalue weighted by atomic mass is 35.5. The van der Waals surface area contributed by atoms with Crippen LogP contribution in [0.1, 0.15) is 36.6 Å². The van der Waals surface area contributed by atoms with Crippen molar-refractivity contribution in [2.45, 2.75) is 41.6 Å². The molecule has 5 rings (SSSR count). The summed E-state index contributed by atoms with van der Waals surface area (Å²) in [5.41, 5.74) is 1.84. The van der Waals surface area contributed by atoms with Crippen LogP contribution >= 0.6 is 46.6 Å². The lowest BCUT2D eigenvalue weighted by atomic mass is 9.72. The van der Waals surface area contributed by atoms with Crippen molar-refractivity contribution >= 4 is 46.6 Å². The van der Waals surface area contributed by atoms with Crippen LogP contribution in [0.4, 0.5) is 8.78 Å². The van der Waals surface area contributed by atoms with Gasteiger partial charge in [0.05, 0.1) is 28.4 Å². The molecule has 2 atom stereocenters. The summed E-state index contributed by atoms with van der Waals surface area (Å²) in [7, 11) is 0. The Labute approximate surface area is 221 Å². The first-order valence-corrected chi connectivity index (χ1v) is 13.1. The van der Waals surface area contributed by atoms with E-state index in [1.165, 1.54) is 30.0 Å². The normalized spacial score (nSPS) is 23.4. The number of allylic oxidation sites excluding steroid dienone is 2. The molecule has 0 amide bonds. The summed E-state index contributed by atoms with van der Waals surface area (Å²) >= 11 is 20.3. The highest BCUT2D eigenvalue weighted by molar-refractivity contribution is 7.98. The number of hydrogen-bond acceptors (Lipinski definition) is 3. The van der Waals surface area contributed by atoms with E-state index in [4.69, 9.17) is 39.8 Å². The summed E-state index contributed by atoms with van der Waals surface area (Å²) in [4.78, 5) is 4.72. The molecule has 1 N–H and O–H groups in total. The topological polar surface area (TPSA) is 38.0 Å². The summed E-state index contributed by atoms with van der Waals surface area (Å²) in [6.07, 6.45) is 6.22. The summed E-state index contributed by atoms with van der Waals surface area (Å²) < 4.78 is 30.1. The molecule has 0 radical (unpaired) electrons. The van der Waals surface area contributed by atoms with Gasteiger partial charge >= 0.3 is 0 Å². The highest BCUT2D eigenvalue weighted by Gasteiger charge is 2.52. The smallest absolute Gasteiger partial charge is 0.169 e. The Kier molecular flexibility index (Phi) is 6.56. The lowest BCUT2D eigenvalue weighted by Gasteiger charge is -2.34. The number of hydrogen-bond donors (Lipinski definition) is 1. The van der Waals surface area contributed by atoms with Crippen molar-refractivity contribution in [3.8, 4) is 0 Å². The van der Waals surface area contributed by atoms with Gasteiger partial charge in [0.1, 0.15) is 11.6 Å². The molecule has 182 valence electrons. The van der Waals surface area contributed by atoms with Crippen LogP contribution in [0.3, 0.4) is 0 Å². The lowest BCUT2D eigenvalue weighted by Crippen LogP contribution is -2.32. The predicted octanol–water partition coefficient (Wildman–Crippen LogP) is 7.86. The van der Waals surface area contributed by atoms with E-state index in [9.17, 15) is 13.9 Å². The molecule has 35 heavy (non-hydrogen) atoms. The number of fused-ring (bicyclic) bond motifs is 2. The fraction of sp³-hybridized carbons (Fsp3) is 0.269. The van der Waals surface area contributed by atoms with E-state index in [1.807, 2.05) is 24.4 Å². The molecule has 1 aromatic heterocycles. The molecule has 1 aliphatic heterocycles. The number of thioether (sulfide) groups is 1. The van der Waals surface area contributed by atoms with Gasteiger partial charge in [0.2, 0.25) is 0 Å². The summed E-state index contributed by atoms with van der Waals surface area (Å²) in [6, 6.07) is 9.92. The Morgan fingerprint density at radius 2 is 1.89 bits per heavy atom. The van der Waals surface area contributed by atoms with E-state index in [2.05, 4.69) is 11.5 Å². The maximum Gasteiger partial charge on any atom is 0.169 e. The standard InChI is InChI=1S/C26H21Cl3F2N2OS/c1-25(17-3-5-19(27)21(29)8-17)14-26(7-6-22(31)16(10-26)12-34)33-23(25)11-32-24(33)35-13-15-2-4-18(30)9-20(15)28/h2-6,8-11,34H,7,12-14H2,1H3. The van der Waals surface area contributed by atoms with Gasteiger partial charge in [0.25, 0.3) is 0 Å². The molecule has 0 saturated carbocycles. The average Bonchev–Trinajstić information content (AvgIpc) is 3.36. The predicted molar refractivity (Wildman–Crippen MR) is 138 cm³/mol. The van der Waals surface area contributed by atoms with Gasteiger partial charge < -0.3 is 9.67 Å². The first kappa shape index (κ1) is 24.8. The van der Waals surface area contributed by atoms with Crippen LogP contribution in [0.25, 0.3) is 0 Å². The zero-order valence-corrected chi connectivity index (χ0v) is 21.7. The molecular weight excluding hydrogens is 533 g/mol. The van der Waals surface area contributed by atoms with E-state index < -0.39 is 23.4 Å². The first-order valence-electron chi connectivity index (χ1n) is 11.0. The summed E-state index contributed by atoms with van der Waals surface area (Å²) in [6.45, 7) is 1.71. The Balaban J connectivity index is 1.61. The lowest BCUT2D eigenvalue weighted by molar-refractivity contribution is 0.300. The Morgan fingerprint density at radius 1 is 1.09 bits per heavy atom. The minimum Gasteiger partial charge on any atom is -0.392 e. The van der Waals surface area contributed by atoms with Crippen LogP contribution in [0.2, 0.25) is 15.1 Å². The third-order valence-corrected chi connectivity index (χ3v) is 8.98. The minimum absolute atomic E-state index is 0.256. The summed E-state index contributed by atoms with van der Waals surface area (Å²) in [5.74, 6) is -0.315. The zero-order chi connectivity index (χ0) is 25.0. The molecular formula is C26H21Cl3F2N2OS. The molecule has 2 unspecified atom stereocenters. The van der Waals surface area contributed by atoms with Crippen LogP contribution in [0.15, 0.2) is 71.3 Å². The van der Waals surface area contributed by atoms with Crippen molar-refractivity contribution in [3.05, 3.63) is 104 Å². The number of rotatable bonds is 5. The number of benzene rings is 2. The second-order valence-corrected chi connectivity index (χ2v) is 11.3. The van der Waals surface area contributed by atoms with Gasteiger partial charge in [0.15, 0.2) is 5.16 Å². The van der Waals surface area contributed by atoms with Crippen molar-refractivity contribution < 1.29 is 13.9 Å². The maximum atomic E-state index is 14.5. The Bertz CT molecular complexity index is 1390. The van der Waals surface area contributed by atoms with Crippen molar-refractivity contribution in [2.75, 3.05) is 6.61 Å². The second kappa shape index (κ2) is 9.24. The number of aliphatic hydroxyl groups is 1. The van der Waals surface area contributed by atoms with E-state index in [1.54, 1.807) is 12.1 Å². The molecule has 9 heteroatoms. The molecule has 2 aromatic carbocycles. The van der Waals surface area contributed by atoms with Crippen LogP contribution in [0.5, 0.6) is 0 Å². The van der Waals surface area contributed by atoms with E-state index >= 15 is 0 Å². The van der Waals surface area contributed by atoms with Gasteiger partial charge in [-0.3, -0.25) is 0 Å². The first-order chi connectivity index (χ1) is 16.7. The van der Waals surface area contributed by atoms with Crippen LogP contribution in [0, 0.1) is 5.82 Å². The zero-order valence-electron chi connectivity index (χ0n) is 18.7.